The van der Waals surface area contributed by atoms with Crippen molar-refractivity contribution in [3.8, 4) is 0 Å². The van der Waals surface area contributed by atoms with Gasteiger partial charge in [-0.05, 0) is 44.7 Å². The van der Waals surface area contributed by atoms with Gasteiger partial charge in [0.15, 0.2) is 0 Å². The maximum absolute atomic E-state index is 12.4. The summed E-state index contributed by atoms with van der Waals surface area (Å²) >= 11 is 0. The highest BCUT2D eigenvalue weighted by atomic mass is 16.4. The average Bonchev–Trinajstić information content (AvgIpc) is 2.43. The molecule has 2 rings (SSSR count). The van der Waals surface area contributed by atoms with Crippen LogP contribution in [0.1, 0.15) is 30.9 Å². The second-order valence-electron chi connectivity index (χ2n) is 6.09. The zero-order chi connectivity index (χ0) is 15.6. The molecule has 5 heteroatoms. The predicted molar refractivity (Wildman–Crippen MR) is 81.5 cm³/mol. The van der Waals surface area contributed by atoms with Gasteiger partial charge >= 0.3 is 12.0 Å². The fourth-order valence-electron chi connectivity index (χ4n) is 2.78. The lowest BCUT2D eigenvalue weighted by atomic mass is 9.82. The van der Waals surface area contributed by atoms with E-state index in [1.54, 1.807) is 11.8 Å². The fraction of sp³-hybridized carbons (Fsp3) is 0.500. The van der Waals surface area contributed by atoms with Gasteiger partial charge in [0.25, 0.3) is 0 Å². The van der Waals surface area contributed by atoms with E-state index in [9.17, 15) is 14.7 Å². The molecule has 1 atom stereocenters. The molecule has 1 aliphatic heterocycles. The largest absolute Gasteiger partial charge is 0.481 e. The zero-order valence-electron chi connectivity index (χ0n) is 12.8. The van der Waals surface area contributed by atoms with E-state index in [1.807, 2.05) is 32.0 Å². The molecule has 2 amide bonds. The minimum Gasteiger partial charge on any atom is -0.481 e. The van der Waals surface area contributed by atoms with Crippen LogP contribution in [0.5, 0.6) is 0 Å². The summed E-state index contributed by atoms with van der Waals surface area (Å²) in [7, 11) is 0. The molecule has 1 unspecified atom stereocenters. The Kier molecular flexibility index (Phi) is 4.21. The molecule has 0 saturated carbocycles. The number of carboxylic acids is 1. The summed E-state index contributed by atoms with van der Waals surface area (Å²) < 4.78 is 0. The number of carbonyl (C=O) groups is 2. The maximum atomic E-state index is 12.4. The van der Waals surface area contributed by atoms with Gasteiger partial charge in [0.2, 0.25) is 0 Å². The zero-order valence-corrected chi connectivity index (χ0v) is 12.8. The molecule has 0 radical (unpaired) electrons. The number of carboxylic acid groups (broad SMARTS) is 1. The predicted octanol–water partition coefficient (Wildman–Crippen LogP) is 3.02. The summed E-state index contributed by atoms with van der Waals surface area (Å²) in [4.78, 5) is 25.4. The fourth-order valence-corrected chi connectivity index (χ4v) is 2.78. The van der Waals surface area contributed by atoms with E-state index in [4.69, 9.17) is 0 Å². The number of nitrogens with one attached hydrogen (secondary N) is 1. The van der Waals surface area contributed by atoms with Crippen molar-refractivity contribution in [1.29, 1.82) is 0 Å². The molecule has 21 heavy (non-hydrogen) atoms. The van der Waals surface area contributed by atoms with Crippen LogP contribution >= 0.6 is 0 Å². The summed E-state index contributed by atoms with van der Waals surface area (Å²) in [6, 6.07) is 5.61. The van der Waals surface area contributed by atoms with Crippen LogP contribution in [0.3, 0.4) is 0 Å². The Bertz CT molecular complexity index is 550. The normalized spacial score (nSPS) is 22.0. The number of hydrogen-bond acceptors (Lipinski definition) is 2. The molecule has 1 aromatic rings. The van der Waals surface area contributed by atoms with Gasteiger partial charge in [-0.1, -0.05) is 18.2 Å². The van der Waals surface area contributed by atoms with Gasteiger partial charge in [-0.2, -0.15) is 0 Å². The molecule has 0 spiro atoms. The van der Waals surface area contributed by atoms with Crippen molar-refractivity contribution in [3.05, 3.63) is 29.3 Å². The molecule has 1 heterocycles. The number of hydrogen-bond donors (Lipinski definition) is 2. The summed E-state index contributed by atoms with van der Waals surface area (Å²) in [5.41, 5.74) is 1.96. The number of rotatable bonds is 2. The third-order valence-electron chi connectivity index (χ3n) is 4.21. The van der Waals surface area contributed by atoms with Crippen LogP contribution in [-0.4, -0.2) is 35.1 Å². The van der Waals surface area contributed by atoms with Crippen LogP contribution in [0.15, 0.2) is 18.2 Å². The molecule has 0 aliphatic carbocycles. The van der Waals surface area contributed by atoms with Crippen molar-refractivity contribution < 1.29 is 14.7 Å². The molecule has 1 aromatic carbocycles. The Balaban J connectivity index is 2.12. The lowest BCUT2D eigenvalue weighted by Crippen LogP contribution is -2.49. The van der Waals surface area contributed by atoms with Crippen molar-refractivity contribution in [2.75, 3.05) is 18.4 Å². The summed E-state index contributed by atoms with van der Waals surface area (Å²) in [5, 5.41) is 12.2. The molecule has 5 nitrogen and oxygen atoms in total. The van der Waals surface area contributed by atoms with E-state index in [0.29, 0.717) is 19.4 Å². The van der Waals surface area contributed by atoms with Gasteiger partial charge in [0, 0.05) is 18.8 Å². The topological polar surface area (TPSA) is 69.6 Å². The first-order chi connectivity index (χ1) is 9.83. The number of likely N-dealkylation sites (tertiary alicyclic amines) is 1. The van der Waals surface area contributed by atoms with E-state index < -0.39 is 11.4 Å². The molecule has 1 aliphatic rings. The third kappa shape index (κ3) is 3.17. The van der Waals surface area contributed by atoms with E-state index >= 15 is 0 Å². The highest BCUT2D eigenvalue weighted by Gasteiger charge is 2.39. The first-order valence-electron chi connectivity index (χ1n) is 7.19. The minimum atomic E-state index is -0.851. The van der Waals surface area contributed by atoms with Crippen molar-refractivity contribution in [3.63, 3.8) is 0 Å². The number of carbonyl (C=O) groups excluding carboxylic acids is 1. The van der Waals surface area contributed by atoms with Gasteiger partial charge in [0.1, 0.15) is 0 Å². The number of aryl methyl sites for hydroxylation is 2. The van der Waals surface area contributed by atoms with Crippen molar-refractivity contribution in [2.24, 2.45) is 5.41 Å². The Labute approximate surface area is 125 Å². The minimum absolute atomic E-state index is 0.223. The Morgan fingerprint density at radius 1 is 1.29 bits per heavy atom. The van der Waals surface area contributed by atoms with Crippen LogP contribution in [-0.2, 0) is 4.79 Å². The molecular weight excluding hydrogens is 268 g/mol. The SMILES string of the molecule is Cc1cccc(C)c1NC(=O)N1CCCC(C)(C(=O)O)C1. The van der Waals surface area contributed by atoms with Crippen molar-refractivity contribution in [2.45, 2.75) is 33.6 Å². The van der Waals surface area contributed by atoms with E-state index in [1.165, 1.54) is 0 Å². The van der Waals surface area contributed by atoms with Gasteiger partial charge in [-0.3, -0.25) is 4.79 Å². The summed E-state index contributed by atoms with van der Waals surface area (Å²) in [6.45, 7) is 6.44. The summed E-state index contributed by atoms with van der Waals surface area (Å²) in [6.07, 6.45) is 1.32. The standard InChI is InChI=1S/C16H22N2O3/c1-11-6-4-7-12(2)13(11)17-15(21)18-9-5-8-16(3,10-18)14(19)20/h4,6-7H,5,8-10H2,1-3H3,(H,17,21)(H,19,20). The van der Waals surface area contributed by atoms with Gasteiger partial charge < -0.3 is 15.3 Å². The number of nitrogens with zero attached hydrogens (tertiary/aromatic N) is 1. The number of para-hydroxylation sites is 1. The monoisotopic (exact) mass is 290 g/mol. The Hall–Kier alpha value is -2.04. The molecule has 114 valence electrons. The van der Waals surface area contributed by atoms with E-state index in [0.717, 1.165) is 16.8 Å². The number of amides is 2. The summed E-state index contributed by atoms with van der Waals surface area (Å²) in [5.74, 6) is -0.841. The third-order valence-corrected chi connectivity index (χ3v) is 4.21. The Morgan fingerprint density at radius 3 is 2.48 bits per heavy atom. The molecule has 1 saturated heterocycles. The van der Waals surface area contributed by atoms with Crippen LogP contribution in [0.4, 0.5) is 10.5 Å². The molecule has 1 fully saturated rings. The lowest BCUT2D eigenvalue weighted by Gasteiger charge is -2.37. The smallest absolute Gasteiger partial charge is 0.321 e. The van der Waals surface area contributed by atoms with Crippen LogP contribution in [0.25, 0.3) is 0 Å². The quantitative estimate of drug-likeness (QED) is 0.879. The van der Waals surface area contributed by atoms with Crippen molar-refractivity contribution >= 4 is 17.7 Å². The first-order valence-corrected chi connectivity index (χ1v) is 7.19. The van der Waals surface area contributed by atoms with Gasteiger partial charge in [-0.15, -0.1) is 0 Å². The number of urea groups is 1. The van der Waals surface area contributed by atoms with Crippen LogP contribution < -0.4 is 5.32 Å². The van der Waals surface area contributed by atoms with Crippen LogP contribution in [0, 0.1) is 19.3 Å². The van der Waals surface area contributed by atoms with Crippen molar-refractivity contribution in [1.82, 2.24) is 4.90 Å². The first kappa shape index (κ1) is 15.4. The Morgan fingerprint density at radius 2 is 1.90 bits per heavy atom. The lowest BCUT2D eigenvalue weighted by molar-refractivity contribution is -0.150. The van der Waals surface area contributed by atoms with E-state index in [-0.39, 0.29) is 12.6 Å². The second-order valence-corrected chi connectivity index (χ2v) is 6.09. The molecule has 0 aromatic heterocycles. The number of anilines is 1. The molecule has 0 bridgehead atoms. The van der Waals surface area contributed by atoms with Gasteiger partial charge in [0.05, 0.1) is 5.41 Å². The number of benzene rings is 1. The van der Waals surface area contributed by atoms with Gasteiger partial charge in [-0.25, -0.2) is 4.79 Å². The number of aliphatic carboxylic acids is 1. The maximum Gasteiger partial charge on any atom is 0.321 e. The van der Waals surface area contributed by atoms with E-state index in [2.05, 4.69) is 5.32 Å². The highest BCUT2D eigenvalue weighted by Crippen LogP contribution is 2.30. The highest BCUT2D eigenvalue weighted by molar-refractivity contribution is 5.91. The molecule has 2 N–H and O–H groups in total. The number of piperidine rings is 1. The average molecular weight is 290 g/mol. The molecular formula is C16H22N2O3. The second kappa shape index (κ2) is 5.76. The van der Waals surface area contributed by atoms with Crippen LogP contribution in [0.2, 0.25) is 0 Å².